The average molecular weight is 354 g/mol. The Hall–Kier alpha value is -1.78. The summed E-state index contributed by atoms with van der Waals surface area (Å²) < 4.78 is 19.2. The Morgan fingerprint density at radius 3 is 2.87 bits per heavy atom. The molecule has 0 radical (unpaired) electrons. The first-order valence-electron chi connectivity index (χ1n) is 7.18. The van der Waals surface area contributed by atoms with Crippen LogP contribution in [-0.2, 0) is 6.42 Å². The third-order valence-electron chi connectivity index (χ3n) is 3.76. The molecule has 2 aromatic rings. The molecule has 3 rings (SSSR count). The van der Waals surface area contributed by atoms with Crippen molar-refractivity contribution in [3.05, 3.63) is 63.4 Å². The van der Waals surface area contributed by atoms with Gasteiger partial charge in [0.2, 0.25) is 0 Å². The van der Waals surface area contributed by atoms with Gasteiger partial charge in [-0.25, -0.2) is 4.39 Å². The van der Waals surface area contributed by atoms with Crippen LogP contribution in [0.4, 0.5) is 4.39 Å². The lowest BCUT2D eigenvalue weighted by atomic mass is 9.96. The van der Waals surface area contributed by atoms with Crippen molar-refractivity contribution in [2.45, 2.75) is 6.42 Å². The van der Waals surface area contributed by atoms with Crippen LogP contribution in [0.2, 0.25) is 10.0 Å². The average Bonchev–Trinajstić information content (AvgIpc) is 2.55. The highest BCUT2D eigenvalue weighted by Crippen LogP contribution is 2.27. The molecule has 0 spiro atoms. The maximum atomic E-state index is 13.5. The molecule has 1 aliphatic rings. The van der Waals surface area contributed by atoms with E-state index in [-0.39, 0.29) is 21.5 Å². The van der Waals surface area contributed by atoms with E-state index in [4.69, 9.17) is 27.9 Å². The van der Waals surface area contributed by atoms with Gasteiger partial charge in [-0.3, -0.25) is 4.79 Å². The van der Waals surface area contributed by atoms with Gasteiger partial charge < -0.3 is 10.1 Å². The first-order valence-corrected chi connectivity index (χ1v) is 7.93. The smallest absolute Gasteiger partial charge is 0.252 e. The van der Waals surface area contributed by atoms with E-state index in [0.29, 0.717) is 13.2 Å². The summed E-state index contributed by atoms with van der Waals surface area (Å²) in [5.41, 5.74) is 1.19. The largest absolute Gasteiger partial charge is 0.493 e. The lowest BCUT2D eigenvalue weighted by molar-refractivity contribution is 0.0938. The van der Waals surface area contributed by atoms with E-state index < -0.39 is 11.7 Å². The molecular weight excluding hydrogens is 340 g/mol. The van der Waals surface area contributed by atoms with E-state index in [1.165, 1.54) is 6.07 Å². The number of benzene rings is 2. The number of halogens is 3. The Kier molecular flexibility index (Phi) is 4.74. The second-order valence-electron chi connectivity index (χ2n) is 5.45. The normalized spacial score (nSPS) is 16.4. The monoisotopic (exact) mass is 353 g/mol. The lowest BCUT2D eigenvalue weighted by Gasteiger charge is -2.25. The molecule has 6 heteroatoms. The van der Waals surface area contributed by atoms with Gasteiger partial charge in [0.25, 0.3) is 5.91 Å². The summed E-state index contributed by atoms with van der Waals surface area (Å²) in [4.78, 5) is 12.2. The fourth-order valence-electron chi connectivity index (χ4n) is 2.55. The van der Waals surface area contributed by atoms with E-state index in [2.05, 4.69) is 5.32 Å². The summed E-state index contributed by atoms with van der Waals surface area (Å²) in [5.74, 6) is -0.0526. The maximum Gasteiger partial charge on any atom is 0.252 e. The van der Waals surface area contributed by atoms with Gasteiger partial charge in [-0.05, 0) is 30.2 Å². The number of rotatable bonds is 3. The Morgan fingerprint density at radius 2 is 2.04 bits per heavy atom. The third kappa shape index (κ3) is 3.59. The molecule has 2 aromatic carbocycles. The molecule has 0 fully saturated rings. The van der Waals surface area contributed by atoms with Crippen LogP contribution < -0.4 is 10.1 Å². The van der Waals surface area contributed by atoms with Gasteiger partial charge in [0.15, 0.2) is 0 Å². The number of amides is 1. The molecule has 1 aliphatic heterocycles. The van der Waals surface area contributed by atoms with Gasteiger partial charge >= 0.3 is 0 Å². The number of carbonyl (C=O) groups excluding carboxylic acids is 1. The van der Waals surface area contributed by atoms with E-state index in [1.807, 2.05) is 24.3 Å². The molecule has 1 amide bonds. The highest BCUT2D eigenvalue weighted by atomic mass is 35.5. The predicted molar refractivity (Wildman–Crippen MR) is 87.9 cm³/mol. The third-order valence-corrected chi connectivity index (χ3v) is 4.36. The highest BCUT2D eigenvalue weighted by molar-refractivity contribution is 6.36. The molecule has 1 N–H and O–H groups in total. The van der Waals surface area contributed by atoms with Crippen LogP contribution in [0.1, 0.15) is 15.9 Å². The number of ether oxygens (including phenoxy) is 1. The first-order chi connectivity index (χ1) is 11.0. The molecule has 1 unspecified atom stereocenters. The van der Waals surface area contributed by atoms with Crippen molar-refractivity contribution in [3.63, 3.8) is 0 Å². The summed E-state index contributed by atoms with van der Waals surface area (Å²) in [6.07, 6.45) is 0.819. The summed E-state index contributed by atoms with van der Waals surface area (Å²) in [5, 5.41) is 2.79. The van der Waals surface area contributed by atoms with E-state index in [0.717, 1.165) is 23.8 Å². The van der Waals surface area contributed by atoms with Crippen molar-refractivity contribution >= 4 is 29.1 Å². The van der Waals surface area contributed by atoms with Crippen molar-refractivity contribution in [3.8, 4) is 5.75 Å². The van der Waals surface area contributed by atoms with Crippen LogP contribution in [0.5, 0.6) is 5.75 Å². The topological polar surface area (TPSA) is 38.3 Å². The van der Waals surface area contributed by atoms with Gasteiger partial charge in [-0.1, -0.05) is 41.4 Å². The molecular formula is C17H14Cl2FNO2. The molecule has 23 heavy (non-hydrogen) atoms. The second-order valence-corrected chi connectivity index (χ2v) is 6.26. The van der Waals surface area contributed by atoms with Crippen molar-refractivity contribution in [1.82, 2.24) is 5.32 Å². The van der Waals surface area contributed by atoms with Gasteiger partial charge in [-0.2, -0.15) is 0 Å². The molecule has 120 valence electrons. The number of nitrogens with one attached hydrogen (secondary N) is 1. The second kappa shape index (κ2) is 6.77. The van der Waals surface area contributed by atoms with E-state index in [9.17, 15) is 9.18 Å². The standard InChI is InChI=1S/C17H14Cl2FNO2/c18-13-7-14(19)15(20)6-12(13)17(22)21-8-10-5-11-3-1-2-4-16(11)23-9-10/h1-4,6-7,10H,5,8-9H2,(H,21,22). The minimum atomic E-state index is -0.670. The zero-order valence-electron chi connectivity index (χ0n) is 12.1. The predicted octanol–water partition coefficient (Wildman–Crippen LogP) is 4.11. The Bertz CT molecular complexity index is 751. The Balaban J connectivity index is 1.63. The fourth-order valence-corrected chi connectivity index (χ4v) is 3.02. The van der Waals surface area contributed by atoms with Crippen molar-refractivity contribution in [1.29, 1.82) is 0 Å². The van der Waals surface area contributed by atoms with Crippen LogP contribution in [0.3, 0.4) is 0 Å². The minimum Gasteiger partial charge on any atom is -0.493 e. The fraction of sp³-hybridized carbons (Fsp3) is 0.235. The van der Waals surface area contributed by atoms with Gasteiger partial charge in [0.05, 0.1) is 22.2 Å². The summed E-state index contributed by atoms with van der Waals surface area (Å²) >= 11 is 11.6. The summed E-state index contributed by atoms with van der Waals surface area (Å²) in [6, 6.07) is 10.1. The number of hydrogen-bond donors (Lipinski definition) is 1. The van der Waals surface area contributed by atoms with Gasteiger partial charge in [-0.15, -0.1) is 0 Å². The first kappa shape index (κ1) is 16.1. The van der Waals surface area contributed by atoms with Crippen molar-refractivity contribution in [2.75, 3.05) is 13.2 Å². The Morgan fingerprint density at radius 1 is 1.26 bits per heavy atom. The minimum absolute atomic E-state index is 0.0747. The van der Waals surface area contributed by atoms with Crippen LogP contribution in [0.15, 0.2) is 36.4 Å². The summed E-state index contributed by atoms with van der Waals surface area (Å²) in [7, 11) is 0. The SMILES string of the molecule is O=C(NCC1COc2ccccc2C1)c1cc(F)c(Cl)cc1Cl. The van der Waals surface area contributed by atoms with Crippen LogP contribution in [0, 0.1) is 11.7 Å². The number of fused-ring (bicyclic) bond motifs is 1. The zero-order chi connectivity index (χ0) is 16.4. The number of hydrogen-bond acceptors (Lipinski definition) is 2. The molecule has 0 bridgehead atoms. The van der Waals surface area contributed by atoms with Crippen molar-refractivity contribution in [2.24, 2.45) is 5.92 Å². The molecule has 0 aromatic heterocycles. The van der Waals surface area contributed by atoms with Gasteiger partial charge in [0.1, 0.15) is 11.6 Å². The molecule has 3 nitrogen and oxygen atoms in total. The van der Waals surface area contributed by atoms with E-state index in [1.54, 1.807) is 0 Å². The molecule has 0 saturated heterocycles. The summed E-state index contributed by atoms with van der Waals surface area (Å²) in [6.45, 7) is 0.952. The van der Waals surface area contributed by atoms with Crippen molar-refractivity contribution < 1.29 is 13.9 Å². The lowest BCUT2D eigenvalue weighted by Crippen LogP contribution is -2.35. The van der Waals surface area contributed by atoms with Crippen LogP contribution in [-0.4, -0.2) is 19.1 Å². The van der Waals surface area contributed by atoms with Crippen LogP contribution in [0.25, 0.3) is 0 Å². The quantitative estimate of drug-likeness (QED) is 0.843. The maximum absolute atomic E-state index is 13.5. The Labute approximate surface area is 143 Å². The zero-order valence-corrected chi connectivity index (χ0v) is 13.6. The molecule has 0 saturated carbocycles. The number of para-hydroxylation sites is 1. The number of carbonyl (C=O) groups is 1. The molecule has 1 heterocycles. The molecule has 0 aliphatic carbocycles. The van der Waals surface area contributed by atoms with Crippen LogP contribution >= 0.6 is 23.2 Å². The highest BCUT2D eigenvalue weighted by Gasteiger charge is 2.21. The van der Waals surface area contributed by atoms with Gasteiger partial charge in [0, 0.05) is 12.5 Å². The van der Waals surface area contributed by atoms with E-state index >= 15 is 0 Å². The molecule has 1 atom stereocenters.